The van der Waals surface area contributed by atoms with Crippen molar-refractivity contribution >= 4 is 29.8 Å². The Morgan fingerprint density at radius 3 is 2.50 bits per heavy atom. The fourth-order valence-electron chi connectivity index (χ4n) is 6.96. The first-order chi connectivity index (χ1) is 17.9. The van der Waals surface area contributed by atoms with Crippen LogP contribution in [0.25, 0.3) is 0 Å². The fraction of sp³-hybridized carbons (Fsp3) is 0.679. The summed E-state index contributed by atoms with van der Waals surface area (Å²) in [6, 6.07) is 0. The largest absolute Gasteiger partial charge is 0.481 e. The van der Waals surface area contributed by atoms with Gasteiger partial charge in [-0.25, -0.2) is 4.79 Å². The lowest BCUT2D eigenvalue weighted by atomic mass is 9.46. The average molecular weight is 533 g/mol. The van der Waals surface area contributed by atoms with Crippen LogP contribution in [0.2, 0.25) is 0 Å². The minimum atomic E-state index is -1.09. The number of carboxylic acid groups (broad SMARTS) is 1. The smallest absolute Gasteiger partial charge is 0.337 e. The number of aliphatic carboxylic acids is 1. The molecule has 3 aliphatic heterocycles. The number of rotatable bonds is 5. The summed E-state index contributed by atoms with van der Waals surface area (Å²) >= 11 is 0. The predicted molar refractivity (Wildman–Crippen MR) is 131 cm³/mol. The van der Waals surface area contributed by atoms with Crippen molar-refractivity contribution in [3.05, 3.63) is 23.8 Å². The van der Waals surface area contributed by atoms with Gasteiger partial charge in [0, 0.05) is 5.41 Å². The van der Waals surface area contributed by atoms with Gasteiger partial charge in [0.2, 0.25) is 0 Å². The van der Waals surface area contributed by atoms with Gasteiger partial charge in [0.1, 0.15) is 19.3 Å². The van der Waals surface area contributed by atoms with E-state index in [1.54, 1.807) is 6.08 Å². The molecule has 10 heteroatoms. The SMILES string of the molecule is C=C1CCC2C(C)(COC(=O)CCC(=O)O)C3CCC2(C)C1C/C=C1\C(=O)OCC1OC(=O)CCC(=O)O3. The summed E-state index contributed by atoms with van der Waals surface area (Å²) in [4.78, 5) is 61.0. The Balaban J connectivity index is 1.68. The van der Waals surface area contributed by atoms with Crippen molar-refractivity contribution in [1.29, 1.82) is 0 Å². The highest BCUT2D eigenvalue weighted by molar-refractivity contribution is 5.92. The molecule has 0 aromatic carbocycles. The molecule has 6 atom stereocenters. The molecule has 3 fully saturated rings. The first-order valence-corrected chi connectivity index (χ1v) is 13.2. The second-order valence-corrected chi connectivity index (χ2v) is 11.4. The molecule has 4 bridgehead atoms. The molecular weight excluding hydrogens is 496 g/mol. The van der Waals surface area contributed by atoms with Gasteiger partial charge in [-0.1, -0.05) is 32.1 Å². The van der Waals surface area contributed by atoms with Crippen molar-refractivity contribution in [3.8, 4) is 0 Å². The van der Waals surface area contributed by atoms with Crippen molar-refractivity contribution in [2.75, 3.05) is 13.2 Å². The molecule has 1 saturated heterocycles. The third-order valence-electron chi connectivity index (χ3n) is 9.01. The van der Waals surface area contributed by atoms with Gasteiger partial charge in [-0.3, -0.25) is 19.2 Å². The number of hydrogen-bond acceptors (Lipinski definition) is 9. The second-order valence-electron chi connectivity index (χ2n) is 11.4. The van der Waals surface area contributed by atoms with Gasteiger partial charge in [-0.05, 0) is 49.4 Å². The van der Waals surface area contributed by atoms with Crippen LogP contribution in [0.15, 0.2) is 23.8 Å². The summed E-state index contributed by atoms with van der Waals surface area (Å²) in [5, 5.41) is 8.91. The zero-order valence-corrected chi connectivity index (χ0v) is 22.0. The Bertz CT molecular complexity index is 1060. The molecule has 6 unspecified atom stereocenters. The number of ether oxygens (including phenoxy) is 4. The Morgan fingerprint density at radius 1 is 1.08 bits per heavy atom. The summed E-state index contributed by atoms with van der Waals surface area (Å²) in [5.74, 6) is -3.43. The number of allylic oxidation sites excluding steroid dienone is 2. The van der Waals surface area contributed by atoms with Crippen LogP contribution in [0.4, 0.5) is 0 Å². The van der Waals surface area contributed by atoms with E-state index >= 15 is 0 Å². The fourth-order valence-corrected chi connectivity index (χ4v) is 6.96. The maximum absolute atomic E-state index is 12.8. The van der Waals surface area contributed by atoms with E-state index in [-0.39, 0.29) is 56.1 Å². The number of cyclic esters (lactones) is 1. The van der Waals surface area contributed by atoms with Crippen LogP contribution in [0.3, 0.4) is 0 Å². The predicted octanol–water partition coefficient (Wildman–Crippen LogP) is 3.27. The summed E-state index contributed by atoms with van der Waals surface area (Å²) in [6.07, 6.45) is 2.70. The third kappa shape index (κ3) is 5.49. The van der Waals surface area contributed by atoms with E-state index in [2.05, 4.69) is 13.5 Å². The van der Waals surface area contributed by atoms with Crippen LogP contribution in [0.1, 0.15) is 71.6 Å². The maximum atomic E-state index is 12.8. The number of esters is 4. The van der Waals surface area contributed by atoms with E-state index in [4.69, 9.17) is 24.1 Å². The van der Waals surface area contributed by atoms with E-state index in [1.807, 2.05) is 6.92 Å². The van der Waals surface area contributed by atoms with E-state index in [0.29, 0.717) is 18.4 Å². The maximum Gasteiger partial charge on any atom is 0.337 e. The zero-order chi connectivity index (χ0) is 27.7. The molecule has 38 heavy (non-hydrogen) atoms. The van der Waals surface area contributed by atoms with Crippen molar-refractivity contribution in [3.63, 3.8) is 0 Å². The highest BCUT2D eigenvalue weighted by Crippen LogP contribution is 2.62. The monoisotopic (exact) mass is 532 g/mol. The molecular formula is C28H36O10. The van der Waals surface area contributed by atoms with Gasteiger partial charge in [-0.15, -0.1) is 0 Å². The minimum absolute atomic E-state index is 0.0117. The average Bonchev–Trinajstić information content (AvgIpc) is 3.19. The molecule has 0 amide bonds. The molecule has 2 aliphatic carbocycles. The van der Waals surface area contributed by atoms with Gasteiger partial charge >= 0.3 is 29.8 Å². The van der Waals surface area contributed by atoms with Crippen LogP contribution < -0.4 is 0 Å². The number of carbonyl (C=O) groups excluding carboxylic acids is 4. The number of carboxylic acids is 1. The number of hydrogen-bond donors (Lipinski definition) is 1. The molecule has 0 radical (unpaired) electrons. The van der Waals surface area contributed by atoms with Crippen molar-refractivity contribution < 1.29 is 48.0 Å². The lowest BCUT2D eigenvalue weighted by Crippen LogP contribution is -2.58. The van der Waals surface area contributed by atoms with Gasteiger partial charge in [-0.2, -0.15) is 0 Å². The van der Waals surface area contributed by atoms with Crippen molar-refractivity contribution in [2.45, 2.75) is 83.8 Å². The Kier molecular flexibility index (Phi) is 7.99. The van der Waals surface area contributed by atoms with E-state index in [9.17, 15) is 24.0 Å². The Morgan fingerprint density at radius 2 is 1.79 bits per heavy atom. The molecule has 2 saturated carbocycles. The van der Waals surface area contributed by atoms with E-state index < -0.39 is 47.5 Å². The standard InChI is InChI=1S/C28H36O10/c1-16-4-7-20-27(2)13-12-21(28(20,3)15-36-23(31)9-8-22(29)30)38-25(33)11-10-24(32)37-19-14-35-26(34)17(19)5-6-18(16)27/h5,18-21H,1,4,6-15H2,2-3H3,(H,29,30)/b17-5-. The first-order valence-electron chi connectivity index (χ1n) is 13.2. The van der Waals surface area contributed by atoms with E-state index in [1.165, 1.54) is 0 Å². The van der Waals surface area contributed by atoms with Gasteiger partial charge < -0.3 is 24.1 Å². The zero-order valence-electron chi connectivity index (χ0n) is 22.0. The molecule has 208 valence electrons. The van der Waals surface area contributed by atoms with Gasteiger partial charge in [0.05, 0.1) is 31.3 Å². The Hall–Kier alpha value is -3.17. The van der Waals surface area contributed by atoms with Crippen LogP contribution >= 0.6 is 0 Å². The van der Waals surface area contributed by atoms with Crippen molar-refractivity contribution in [1.82, 2.24) is 0 Å². The van der Waals surface area contributed by atoms with Gasteiger partial charge in [0.25, 0.3) is 0 Å². The lowest BCUT2D eigenvalue weighted by molar-refractivity contribution is -0.194. The topological polar surface area (TPSA) is 142 Å². The third-order valence-corrected chi connectivity index (χ3v) is 9.01. The molecule has 1 N–H and O–H groups in total. The molecule has 5 aliphatic rings. The van der Waals surface area contributed by atoms with Crippen LogP contribution in [0, 0.1) is 22.7 Å². The Labute approximate surface area is 221 Å². The van der Waals surface area contributed by atoms with Crippen LogP contribution in [-0.4, -0.2) is 60.4 Å². The van der Waals surface area contributed by atoms with Crippen molar-refractivity contribution in [2.24, 2.45) is 22.7 Å². The summed E-state index contributed by atoms with van der Waals surface area (Å²) < 4.78 is 22.1. The summed E-state index contributed by atoms with van der Waals surface area (Å²) in [7, 11) is 0. The highest BCUT2D eigenvalue weighted by Gasteiger charge is 2.59. The van der Waals surface area contributed by atoms with Gasteiger partial charge in [0.15, 0.2) is 6.10 Å². The van der Waals surface area contributed by atoms with Crippen LogP contribution in [0.5, 0.6) is 0 Å². The quantitative estimate of drug-likeness (QED) is 0.318. The number of carbonyl (C=O) groups is 5. The summed E-state index contributed by atoms with van der Waals surface area (Å²) in [5.41, 5.74) is 0.314. The minimum Gasteiger partial charge on any atom is -0.481 e. The first kappa shape index (κ1) is 27.9. The second kappa shape index (κ2) is 10.9. The molecule has 3 heterocycles. The normalized spacial score (nSPS) is 36.9. The molecule has 10 nitrogen and oxygen atoms in total. The molecule has 0 aromatic rings. The molecule has 0 aromatic heterocycles. The van der Waals surface area contributed by atoms with E-state index in [0.717, 1.165) is 24.8 Å². The molecule has 5 rings (SSSR count). The lowest BCUT2D eigenvalue weighted by Gasteiger charge is -2.60. The molecule has 0 spiro atoms. The summed E-state index contributed by atoms with van der Waals surface area (Å²) in [6.45, 7) is 8.40. The van der Waals surface area contributed by atoms with Crippen LogP contribution in [-0.2, 0) is 42.9 Å². The number of fused-ring (bicyclic) bond motifs is 7. The highest BCUT2D eigenvalue weighted by atomic mass is 16.6.